The predicted molar refractivity (Wildman–Crippen MR) is 279 cm³/mol. The maximum Gasteiger partial charge on any atom is 0.324 e. The number of thiazole rings is 1. The second-order valence-electron chi connectivity index (χ2n) is 17.6. The number of piperazine rings is 1. The van der Waals surface area contributed by atoms with Crippen LogP contribution in [0.2, 0.25) is 0 Å². The zero-order valence-electron chi connectivity index (χ0n) is 37.8. The summed E-state index contributed by atoms with van der Waals surface area (Å²) < 4.78 is 41.3. The monoisotopic (exact) mass is 1020 g/mol. The van der Waals surface area contributed by atoms with Crippen LogP contribution in [0.1, 0.15) is 69.3 Å². The number of cyclic esters (lactones) is 1. The Kier molecular flexibility index (Phi) is 20.5. The SMILES string of the molecule is CCn1c(-c2cc(N3CCN(C)CC3)cnc2[C@H](C)OC)c2c3cc(ccc31)-c1csc(n1)C[C@H](NC(=O)[C@H]1C[C@@H]1C(F)F)C(=O)N1CCC[C@H](N1)C(=O)OCC(C)(C)C2.S.S.S.S.S. The average molecular weight is 1020 g/mol. The maximum absolute atomic E-state index is 14.1. The van der Waals surface area contributed by atoms with E-state index in [1.165, 1.54) is 16.3 Å². The smallest absolute Gasteiger partial charge is 0.324 e. The van der Waals surface area contributed by atoms with Gasteiger partial charge in [-0.15, -0.1) is 11.3 Å². The number of likely N-dealkylation sites (N-methyl/N-ethyl adjacent to an activating group) is 1. The number of nitrogens with zero attached hydrogens (tertiary/aromatic N) is 6. The molecule has 3 aromatic heterocycles. The van der Waals surface area contributed by atoms with Crippen molar-refractivity contribution >= 4 is 113 Å². The number of amides is 2. The van der Waals surface area contributed by atoms with Crippen LogP contribution in [-0.2, 0) is 43.2 Å². The van der Waals surface area contributed by atoms with Crippen molar-refractivity contribution in [2.24, 2.45) is 17.3 Å². The minimum absolute atomic E-state index is 0. The molecular formula is C44H66F2N8O5S6. The van der Waals surface area contributed by atoms with Crippen LogP contribution in [-0.4, -0.2) is 114 Å². The highest BCUT2D eigenvalue weighted by Crippen LogP contribution is 2.44. The number of alkyl halides is 2. The lowest BCUT2D eigenvalue weighted by Crippen LogP contribution is -2.60. The Labute approximate surface area is 419 Å². The molecule has 4 aromatic rings. The third-order valence-corrected chi connectivity index (χ3v) is 13.5. The van der Waals surface area contributed by atoms with Crippen molar-refractivity contribution in [2.45, 2.75) is 91.0 Å². The van der Waals surface area contributed by atoms with E-state index >= 15 is 0 Å². The molecule has 65 heavy (non-hydrogen) atoms. The van der Waals surface area contributed by atoms with Gasteiger partial charge in [-0.1, -0.05) is 19.9 Å². The van der Waals surface area contributed by atoms with E-state index in [0.29, 0.717) is 37.4 Å². The molecule has 0 radical (unpaired) electrons. The van der Waals surface area contributed by atoms with Crippen LogP contribution in [0.25, 0.3) is 33.4 Å². The van der Waals surface area contributed by atoms with Crippen LogP contribution in [0.3, 0.4) is 0 Å². The number of ether oxygens (including phenoxy) is 2. The summed E-state index contributed by atoms with van der Waals surface area (Å²) in [6.07, 6.45) is 0.774. The Morgan fingerprint density at radius 2 is 1.80 bits per heavy atom. The third-order valence-electron chi connectivity index (χ3n) is 12.6. The van der Waals surface area contributed by atoms with Gasteiger partial charge in [-0.3, -0.25) is 24.4 Å². The number of carbonyl (C=O) groups excluding carboxylic acids is 3. The van der Waals surface area contributed by atoms with Gasteiger partial charge in [0.2, 0.25) is 12.3 Å². The van der Waals surface area contributed by atoms with Gasteiger partial charge in [0.25, 0.3) is 5.91 Å². The summed E-state index contributed by atoms with van der Waals surface area (Å²) in [6.45, 7) is 13.2. The lowest BCUT2D eigenvalue weighted by atomic mass is 9.84. The molecule has 2 amide bonds. The van der Waals surface area contributed by atoms with E-state index in [4.69, 9.17) is 19.4 Å². The molecule has 3 aliphatic heterocycles. The molecule has 1 saturated carbocycles. The number of carbonyl (C=O) groups is 3. The van der Waals surface area contributed by atoms with Gasteiger partial charge in [-0.25, -0.2) is 19.2 Å². The van der Waals surface area contributed by atoms with Crippen LogP contribution in [0, 0.1) is 17.3 Å². The number of esters is 1. The molecule has 1 aliphatic carbocycles. The first kappa shape index (κ1) is 56.6. The summed E-state index contributed by atoms with van der Waals surface area (Å²) in [7, 11) is 3.85. The van der Waals surface area contributed by atoms with Gasteiger partial charge in [0, 0.05) is 97.5 Å². The fraction of sp³-hybridized carbons (Fsp3) is 0.568. The summed E-state index contributed by atoms with van der Waals surface area (Å²) in [4.78, 5) is 55.9. The largest absolute Gasteiger partial charge is 0.464 e. The van der Waals surface area contributed by atoms with Crippen LogP contribution in [0.5, 0.6) is 0 Å². The molecule has 13 nitrogen and oxygen atoms in total. The van der Waals surface area contributed by atoms with E-state index in [9.17, 15) is 23.2 Å². The summed E-state index contributed by atoms with van der Waals surface area (Å²) in [6, 6.07) is 6.76. The Morgan fingerprint density at radius 1 is 1.08 bits per heavy atom. The quantitative estimate of drug-likeness (QED) is 0.191. The van der Waals surface area contributed by atoms with Crippen molar-refractivity contribution in [3.8, 4) is 22.5 Å². The highest BCUT2D eigenvalue weighted by atomic mass is 32.1. The summed E-state index contributed by atoms with van der Waals surface area (Å²) in [5, 5.41) is 7.75. The minimum atomic E-state index is -2.60. The summed E-state index contributed by atoms with van der Waals surface area (Å²) in [5.74, 6) is -3.37. The van der Waals surface area contributed by atoms with Crippen LogP contribution in [0.4, 0.5) is 14.5 Å². The molecule has 8 rings (SSSR count). The number of methoxy groups -OCH3 is 1. The van der Waals surface area contributed by atoms with Gasteiger partial charge < -0.3 is 29.2 Å². The Balaban J connectivity index is 0.00000224. The van der Waals surface area contributed by atoms with Crippen LogP contribution < -0.4 is 15.6 Å². The van der Waals surface area contributed by atoms with Gasteiger partial charge in [0.05, 0.1) is 46.7 Å². The highest BCUT2D eigenvalue weighted by molar-refractivity contribution is 7.60. The fourth-order valence-electron chi connectivity index (χ4n) is 8.91. The topological polar surface area (TPSA) is 134 Å². The maximum atomic E-state index is 14.1. The van der Waals surface area contributed by atoms with Gasteiger partial charge >= 0.3 is 5.97 Å². The second-order valence-corrected chi connectivity index (χ2v) is 18.5. The van der Waals surface area contributed by atoms with E-state index in [0.717, 1.165) is 76.5 Å². The predicted octanol–water partition coefficient (Wildman–Crippen LogP) is 6.42. The van der Waals surface area contributed by atoms with Gasteiger partial charge in [0.15, 0.2) is 0 Å². The Morgan fingerprint density at radius 3 is 2.46 bits per heavy atom. The first-order valence-corrected chi connectivity index (χ1v) is 22.0. The van der Waals surface area contributed by atoms with E-state index in [2.05, 4.69) is 77.2 Å². The number of rotatable bonds is 8. The molecule has 0 spiro atoms. The van der Waals surface area contributed by atoms with Crippen molar-refractivity contribution in [3.05, 3.63) is 52.1 Å². The lowest BCUT2D eigenvalue weighted by Gasteiger charge is -2.35. The number of halogens is 2. The molecule has 362 valence electrons. The van der Waals surface area contributed by atoms with Crippen LogP contribution in [0.15, 0.2) is 35.8 Å². The standard InChI is InChI=1S/C44H56F2N8O5S.5H2S/c1-7-53-36-11-10-26-17-28(36)32(39(53)31-18-27(22-47-38(31)25(2)58-6)52-15-13-51(5)14-16-52)21-44(3,4)24-59-43(57)33-9-8-12-54(50-33)42(56)34(20-37-48-35(26)23-60-37)49-41(55)30-19-29(30)40(45)46;;;;;/h10-11,17-18,22-23,25,29-30,33-34,40,50H,7-9,12-16,19-21,24H2,1-6H3,(H,49,55);5*1H2/t25-,29-,30-,33-,34-;;;;;/m0...../s1. The molecule has 5 atom stereocenters. The molecule has 0 unspecified atom stereocenters. The molecular weight excluding hydrogens is 951 g/mol. The van der Waals surface area contributed by atoms with Crippen LogP contribution >= 0.6 is 78.8 Å². The second kappa shape index (κ2) is 23.5. The zero-order chi connectivity index (χ0) is 42.5. The van der Waals surface area contributed by atoms with Gasteiger partial charge in [0.1, 0.15) is 12.1 Å². The fourth-order valence-corrected chi connectivity index (χ4v) is 9.76. The van der Waals surface area contributed by atoms with Crippen molar-refractivity contribution in [1.29, 1.82) is 0 Å². The number of hydrogen-bond acceptors (Lipinski definition) is 11. The molecule has 21 heteroatoms. The van der Waals surface area contributed by atoms with Crippen molar-refractivity contribution in [3.63, 3.8) is 0 Å². The number of benzene rings is 1. The lowest BCUT2D eigenvalue weighted by molar-refractivity contribution is -0.155. The number of aromatic nitrogens is 3. The third kappa shape index (κ3) is 12.1. The number of nitrogens with one attached hydrogen (secondary N) is 2. The number of hydrazine groups is 1. The molecule has 6 bridgehead atoms. The van der Waals surface area contributed by atoms with E-state index < -0.39 is 53.5 Å². The van der Waals surface area contributed by atoms with Gasteiger partial charge in [-0.05, 0) is 70.3 Å². The number of aryl methyl sites for hydroxylation is 1. The van der Waals surface area contributed by atoms with Crippen molar-refractivity contribution in [2.75, 3.05) is 58.4 Å². The average Bonchev–Trinajstić information content (AvgIpc) is 3.84. The number of pyridine rings is 1. The highest BCUT2D eigenvalue weighted by Gasteiger charge is 2.50. The molecule has 3 fully saturated rings. The number of anilines is 1. The molecule has 1 aromatic carbocycles. The zero-order valence-corrected chi connectivity index (χ0v) is 43.6. The minimum Gasteiger partial charge on any atom is -0.464 e. The first-order chi connectivity index (χ1) is 28.7. The summed E-state index contributed by atoms with van der Waals surface area (Å²) in [5.41, 5.74) is 10.2. The summed E-state index contributed by atoms with van der Waals surface area (Å²) >= 11 is 1.38. The van der Waals surface area contributed by atoms with E-state index in [-0.39, 0.29) is 93.0 Å². The Hall–Kier alpha value is -2.76. The first-order valence-electron chi connectivity index (χ1n) is 21.1. The molecule has 6 heterocycles. The number of fused-ring (bicyclic) bond motifs is 6. The normalized spacial score (nSPS) is 22.5. The molecule has 2 saturated heterocycles. The Bertz CT molecular complexity index is 2280. The van der Waals surface area contributed by atoms with E-state index in [1.807, 2.05) is 18.5 Å². The molecule has 4 aliphatic rings. The van der Waals surface area contributed by atoms with Crippen molar-refractivity contribution in [1.82, 2.24) is 35.2 Å². The van der Waals surface area contributed by atoms with Crippen molar-refractivity contribution < 1.29 is 32.6 Å². The number of hydrogen-bond donors (Lipinski definition) is 2. The van der Waals surface area contributed by atoms with Gasteiger partial charge in [-0.2, -0.15) is 67.5 Å². The van der Waals surface area contributed by atoms with E-state index in [1.54, 1.807) is 7.11 Å². The molecule has 2 N–H and O–H groups in total.